The van der Waals surface area contributed by atoms with Gasteiger partial charge in [-0.15, -0.1) is 0 Å². The molecule has 0 fully saturated rings. The first kappa shape index (κ1) is 13.9. The number of imidazole rings is 1. The molecule has 0 spiro atoms. The van der Waals surface area contributed by atoms with Crippen molar-refractivity contribution in [3.8, 4) is 0 Å². The van der Waals surface area contributed by atoms with Crippen LogP contribution in [0.5, 0.6) is 0 Å². The second-order valence-electron chi connectivity index (χ2n) is 4.70. The van der Waals surface area contributed by atoms with Crippen molar-refractivity contribution < 1.29 is 9.21 Å². The molecule has 0 atom stereocenters. The zero-order valence-corrected chi connectivity index (χ0v) is 12.8. The van der Waals surface area contributed by atoms with Crippen LogP contribution in [0.1, 0.15) is 22.6 Å². The largest absolute Gasteiger partial charge is 0.457 e. The molecule has 0 unspecified atom stereocenters. The van der Waals surface area contributed by atoms with Gasteiger partial charge in [-0.2, -0.15) is 0 Å². The molecule has 0 radical (unpaired) electrons. The second kappa shape index (κ2) is 6.13. The number of hydrogen-bond acceptors (Lipinski definition) is 3. The van der Waals surface area contributed by atoms with E-state index in [9.17, 15) is 4.79 Å². The monoisotopic (exact) mass is 347 g/mol. The standard InChI is InChI=1S/C15H14BrN3O2/c16-13-8-10(9-21-13)15(20)17-7-3-6-14-18-11-4-1-2-5-12(11)19-14/h1-2,4-5,8-9H,3,6-7H2,(H,17,20)(H,18,19). The maximum atomic E-state index is 11.8. The number of fused-ring (bicyclic) bond motifs is 1. The fraction of sp³-hybridized carbons (Fsp3) is 0.200. The molecule has 2 aromatic heterocycles. The van der Waals surface area contributed by atoms with Crippen molar-refractivity contribution in [1.29, 1.82) is 0 Å². The molecule has 2 heterocycles. The fourth-order valence-electron chi connectivity index (χ4n) is 2.11. The molecule has 1 amide bonds. The van der Waals surface area contributed by atoms with Gasteiger partial charge in [-0.1, -0.05) is 12.1 Å². The lowest BCUT2D eigenvalue weighted by atomic mass is 10.2. The molecular weight excluding hydrogens is 334 g/mol. The Hall–Kier alpha value is -2.08. The third kappa shape index (κ3) is 3.33. The lowest BCUT2D eigenvalue weighted by molar-refractivity contribution is 0.0952. The number of hydrogen-bond donors (Lipinski definition) is 2. The minimum Gasteiger partial charge on any atom is -0.457 e. The van der Waals surface area contributed by atoms with Crippen molar-refractivity contribution >= 4 is 32.9 Å². The molecule has 3 rings (SSSR count). The predicted molar refractivity (Wildman–Crippen MR) is 83.2 cm³/mol. The Morgan fingerprint density at radius 2 is 2.24 bits per heavy atom. The number of halogens is 1. The van der Waals surface area contributed by atoms with Crippen LogP contribution in [0.3, 0.4) is 0 Å². The van der Waals surface area contributed by atoms with Gasteiger partial charge in [-0.3, -0.25) is 4.79 Å². The van der Waals surface area contributed by atoms with E-state index in [0.29, 0.717) is 16.8 Å². The van der Waals surface area contributed by atoms with Gasteiger partial charge in [-0.25, -0.2) is 4.98 Å². The van der Waals surface area contributed by atoms with E-state index >= 15 is 0 Å². The summed E-state index contributed by atoms with van der Waals surface area (Å²) < 4.78 is 5.59. The van der Waals surface area contributed by atoms with Crippen LogP contribution >= 0.6 is 15.9 Å². The van der Waals surface area contributed by atoms with E-state index in [0.717, 1.165) is 29.7 Å². The fourth-order valence-corrected chi connectivity index (χ4v) is 2.45. The molecule has 1 aromatic carbocycles. The molecule has 0 saturated carbocycles. The van der Waals surface area contributed by atoms with E-state index in [1.807, 2.05) is 24.3 Å². The number of nitrogens with one attached hydrogen (secondary N) is 2. The molecule has 3 aromatic rings. The second-order valence-corrected chi connectivity index (χ2v) is 5.48. The molecule has 0 bridgehead atoms. The Morgan fingerprint density at radius 3 is 3.00 bits per heavy atom. The van der Waals surface area contributed by atoms with Gasteiger partial charge in [0.25, 0.3) is 5.91 Å². The van der Waals surface area contributed by atoms with Crippen LogP contribution < -0.4 is 5.32 Å². The van der Waals surface area contributed by atoms with E-state index < -0.39 is 0 Å². The van der Waals surface area contributed by atoms with Crippen molar-refractivity contribution in [2.75, 3.05) is 6.54 Å². The van der Waals surface area contributed by atoms with Crippen LogP contribution in [0.2, 0.25) is 0 Å². The molecule has 21 heavy (non-hydrogen) atoms. The third-order valence-electron chi connectivity index (χ3n) is 3.14. The van der Waals surface area contributed by atoms with Crippen LogP contribution in [0, 0.1) is 0 Å². The van der Waals surface area contributed by atoms with Gasteiger partial charge >= 0.3 is 0 Å². The molecule has 0 aliphatic rings. The predicted octanol–water partition coefficient (Wildman–Crippen LogP) is 3.28. The van der Waals surface area contributed by atoms with Gasteiger partial charge in [0.2, 0.25) is 0 Å². The van der Waals surface area contributed by atoms with Crippen LogP contribution in [0.25, 0.3) is 11.0 Å². The average Bonchev–Trinajstić information content (AvgIpc) is 3.09. The van der Waals surface area contributed by atoms with Gasteiger partial charge in [-0.05, 0) is 34.5 Å². The SMILES string of the molecule is O=C(NCCCc1nc2ccccc2[nH]1)c1coc(Br)c1. The Kier molecular flexibility index (Phi) is 4.06. The topological polar surface area (TPSA) is 70.9 Å². The number of carbonyl (C=O) groups is 1. The molecule has 0 aliphatic carbocycles. The number of aryl methyl sites for hydroxylation is 1. The van der Waals surface area contributed by atoms with Crippen molar-refractivity contribution in [3.63, 3.8) is 0 Å². The highest BCUT2D eigenvalue weighted by Gasteiger charge is 2.08. The third-order valence-corrected chi connectivity index (χ3v) is 3.56. The van der Waals surface area contributed by atoms with Crippen molar-refractivity contribution in [3.05, 3.63) is 52.7 Å². The zero-order chi connectivity index (χ0) is 14.7. The summed E-state index contributed by atoms with van der Waals surface area (Å²) >= 11 is 3.17. The molecule has 5 nitrogen and oxygen atoms in total. The van der Waals surface area contributed by atoms with E-state index in [-0.39, 0.29) is 5.91 Å². The van der Waals surface area contributed by atoms with Crippen LogP contribution in [-0.4, -0.2) is 22.4 Å². The average molecular weight is 348 g/mol. The first-order valence-electron chi connectivity index (χ1n) is 6.68. The van der Waals surface area contributed by atoms with Gasteiger partial charge in [0.15, 0.2) is 4.67 Å². The summed E-state index contributed by atoms with van der Waals surface area (Å²) in [4.78, 5) is 19.6. The minimum atomic E-state index is -0.131. The summed E-state index contributed by atoms with van der Waals surface area (Å²) in [6, 6.07) is 9.58. The van der Waals surface area contributed by atoms with Crippen molar-refractivity contribution in [1.82, 2.24) is 15.3 Å². The highest BCUT2D eigenvalue weighted by atomic mass is 79.9. The maximum Gasteiger partial charge on any atom is 0.254 e. The number of aromatic nitrogens is 2. The highest BCUT2D eigenvalue weighted by Crippen LogP contribution is 2.14. The summed E-state index contributed by atoms with van der Waals surface area (Å²) in [6.07, 6.45) is 3.05. The van der Waals surface area contributed by atoms with Crippen LogP contribution in [0.4, 0.5) is 0 Å². The van der Waals surface area contributed by atoms with Gasteiger partial charge in [0, 0.05) is 19.0 Å². The number of nitrogens with zero attached hydrogens (tertiary/aromatic N) is 1. The number of benzene rings is 1. The number of carbonyl (C=O) groups excluding carboxylic acids is 1. The molecule has 6 heteroatoms. The van der Waals surface area contributed by atoms with Crippen molar-refractivity contribution in [2.45, 2.75) is 12.8 Å². The Morgan fingerprint density at radius 1 is 1.38 bits per heavy atom. The molecular formula is C15H14BrN3O2. The van der Waals surface area contributed by atoms with Crippen molar-refractivity contribution in [2.24, 2.45) is 0 Å². The van der Waals surface area contributed by atoms with Gasteiger partial charge in [0.1, 0.15) is 12.1 Å². The quantitative estimate of drug-likeness (QED) is 0.695. The number of aromatic amines is 1. The van der Waals surface area contributed by atoms with E-state index in [2.05, 4.69) is 31.2 Å². The number of furan rings is 1. The number of para-hydroxylation sites is 2. The minimum absolute atomic E-state index is 0.131. The normalized spacial score (nSPS) is 10.9. The maximum absolute atomic E-state index is 11.8. The summed E-state index contributed by atoms with van der Waals surface area (Å²) in [5.41, 5.74) is 2.53. The smallest absolute Gasteiger partial charge is 0.254 e. The summed E-state index contributed by atoms with van der Waals surface area (Å²) in [5.74, 6) is 0.811. The summed E-state index contributed by atoms with van der Waals surface area (Å²) in [5, 5.41) is 2.85. The first-order chi connectivity index (χ1) is 10.2. The van der Waals surface area contributed by atoms with E-state index in [4.69, 9.17) is 4.42 Å². The van der Waals surface area contributed by atoms with Gasteiger partial charge < -0.3 is 14.7 Å². The Labute approximate surface area is 129 Å². The Bertz CT molecular complexity index is 730. The molecule has 108 valence electrons. The lowest BCUT2D eigenvalue weighted by Gasteiger charge is -2.01. The number of H-pyrrole nitrogens is 1. The summed E-state index contributed by atoms with van der Waals surface area (Å²) in [6.45, 7) is 0.596. The van der Waals surface area contributed by atoms with Gasteiger partial charge in [0.05, 0.1) is 16.6 Å². The molecule has 0 saturated heterocycles. The summed E-state index contributed by atoms with van der Waals surface area (Å²) in [7, 11) is 0. The van der Waals surface area contributed by atoms with E-state index in [1.54, 1.807) is 6.07 Å². The van der Waals surface area contributed by atoms with Crippen LogP contribution in [-0.2, 0) is 6.42 Å². The first-order valence-corrected chi connectivity index (χ1v) is 7.47. The number of rotatable bonds is 5. The zero-order valence-electron chi connectivity index (χ0n) is 11.2. The lowest BCUT2D eigenvalue weighted by Crippen LogP contribution is -2.24. The van der Waals surface area contributed by atoms with Crippen LogP contribution in [0.15, 0.2) is 45.7 Å². The Balaban J connectivity index is 1.49. The van der Waals surface area contributed by atoms with E-state index in [1.165, 1.54) is 6.26 Å². The molecule has 2 N–H and O–H groups in total. The molecule has 0 aliphatic heterocycles. The highest BCUT2D eigenvalue weighted by molar-refractivity contribution is 9.10. The number of amides is 1.